The minimum absolute atomic E-state index is 0.0562. The minimum Gasteiger partial charge on any atom is -0.478 e. The Balaban J connectivity index is 2.64. The molecule has 0 unspecified atom stereocenters. The molecule has 1 aromatic carbocycles. The van der Waals surface area contributed by atoms with Gasteiger partial charge in [-0.1, -0.05) is 18.2 Å². The van der Waals surface area contributed by atoms with E-state index >= 15 is 0 Å². The van der Waals surface area contributed by atoms with E-state index in [-0.39, 0.29) is 16.4 Å². The van der Waals surface area contributed by atoms with Gasteiger partial charge in [-0.15, -0.1) is 0 Å². The van der Waals surface area contributed by atoms with Crippen LogP contribution in [0.2, 0.25) is 0 Å². The monoisotopic (exact) mass is 278 g/mol. The first-order valence-corrected chi connectivity index (χ1v) is 7.14. The fourth-order valence-corrected chi connectivity index (χ4v) is 2.08. The van der Waals surface area contributed by atoms with Crippen LogP contribution in [0.4, 0.5) is 0 Å². The molecule has 98 valence electrons. The Kier molecular flexibility index (Phi) is 3.30. The molecule has 2 rings (SSSR count). The molecule has 7 heteroatoms. The highest BCUT2D eigenvalue weighted by atomic mass is 32.2. The summed E-state index contributed by atoms with van der Waals surface area (Å²) in [5.74, 6) is -1.10. The Morgan fingerprint density at radius 2 is 1.89 bits per heavy atom. The van der Waals surface area contributed by atoms with E-state index in [1.807, 2.05) is 0 Å². The van der Waals surface area contributed by atoms with Crippen LogP contribution < -0.4 is 0 Å². The van der Waals surface area contributed by atoms with Crippen LogP contribution in [0.3, 0.4) is 0 Å². The topological polar surface area (TPSA) is 97.2 Å². The average Bonchev–Trinajstić information content (AvgIpc) is 2.38. The second kappa shape index (κ2) is 4.77. The molecule has 0 aliphatic carbocycles. The van der Waals surface area contributed by atoms with E-state index in [1.54, 1.807) is 18.2 Å². The van der Waals surface area contributed by atoms with Crippen LogP contribution in [0.25, 0.3) is 11.3 Å². The van der Waals surface area contributed by atoms with Gasteiger partial charge in [-0.05, 0) is 12.1 Å². The third-order valence-corrected chi connectivity index (χ3v) is 3.26. The van der Waals surface area contributed by atoms with Crippen molar-refractivity contribution in [2.45, 2.75) is 5.16 Å². The average molecular weight is 278 g/mol. The van der Waals surface area contributed by atoms with E-state index in [0.717, 1.165) is 6.26 Å². The lowest BCUT2D eigenvalue weighted by Gasteiger charge is -2.05. The van der Waals surface area contributed by atoms with Crippen LogP contribution in [-0.4, -0.2) is 35.7 Å². The summed E-state index contributed by atoms with van der Waals surface area (Å²) in [6, 6.07) is 7.71. The van der Waals surface area contributed by atoms with Crippen molar-refractivity contribution in [3.05, 3.63) is 42.1 Å². The molecule has 0 atom stereocenters. The first kappa shape index (κ1) is 13.2. The lowest BCUT2D eigenvalue weighted by Crippen LogP contribution is -2.06. The summed E-state index contributed by atoms with van der Waals surface area (Å²) in [7, 11) is -3.54. The predicted octanol–water partition coefficient (Wildman–Crippen LogP) is 1.25. The zero-order valence-corrected chi connectivity index (χ0v) is 10.8. The number of carbonyl (C=O) groups is 1. The van der Waals surface area contributed by atoms with Crippen molar-refractivity contribution in [1.82, 2.24) is 9.97 Å². The molecule has 0 amide bonds. The third-order valence-electron chi connectivity index (χ3n) is 2.40. The quantitative estimate of drug-likeness (QED) is 0.848. The molecule has 0 saturated heterocycles. The standard InChI is InChI=1S/C12H10N2O4S/c1-19(17,18)12-13-7-6-10(14-12)8-4-2-3-5-9(8)11(15)16/h2-7H,1H3,(H,15,16). The van der Waals surface area contributed by atoms with Crippen LogP contribution in [-0.2, 0) is 9.84 Å². The maximum absolute atomic E-state index is 11.4. The van der Waals surface area contributed by atoms with Crippen LogP contribution in [0.15, 0.2) is 41.7 Å². The third kappa shape index (κ3) is 2.76. The molecule has 1 aromatic heterocycles. The summed E-state index contributed by atoms with van der Waals surface area (Å²) in [5, 5.41) is 8.77. The van der Waals surface area contributed by atoms with Crippen LogP contribution in [0.1, 0.15) is 10.4 Å². The smallest absolute Gasteiger partial charge is 0.336 e. The zero-order chi connectivity index (χ0) is 14.0. The number of carboxylic acids is 1. The summed E-state index contributed by atoms with van der Waals surface area (Å²) < 4.78 is 22.8. The number of hydrogen-bond donors (Lipinski definition) is 1. The lowest BCUT2D eigenvalue weighted by atomic mass is 10.0. The van der Waals surface area contributed by atoms with Crippen LogP contribution >= 0.6 is 0 Å². The Labute approximate surface area is 109 Å². The fraction of sp³-hybridized carbons (Fsp3) is 0.0833. The van der Waals surface area contributed by atoms with Gasteiger partial charge < -0.3 is 5.11 Å². The van der Waals surface area contributed by atoms with E-state index in [0.29, 0.717) is 5.56 Å². The van der Waals surface area contributed by atoms with E-state index in [4.69, 9.17) is 5.11 Å². The molecule has 1 heterocycles. The second-order valence-electron chi connectivity index (χ2n) is 3.85. The number of benzene rings is 1. The van der Waals surface area contributed by atoms with Crippen molar-refractivity contribution < 1.29 is 18.3 Å². The van der Waals surface area contributed by atoms with E-state index in [9.17, 15) is 13.2 Å². The fourth-order valence-electron chi connectivity index (χ4n) is 1.56. The Hall–Kier alpha value is -2.28. The van der Waals surface area contributed by atoms with Gasteiger partial charge in [-0.3, -0.25) is 0 Å². The summed E-state index contributed by atoms with van der Waals surface area (Å²) >= 11 is 0. The second-order valence-corrected chi connectivity index (χ2v) is 5.76. The van der Waals surface area contributed by atoms with Gasteiger partial charge in [0.05, 0.1) is 11.3 Å². The minimum atomic E-state index is -3.54. The predicted molar refractivity (Wildman–Crippen MR) is 67.5 cm³/mol. The largest absolute Gasteiger partial charge is 0.478 e. The van der Waals surface area contributed by atoms with Crippen molar-refractivity contribution in [1.29, 1.82) is 0 Å². The molecular formula is C12H10N2O4S. The van der Waals surface area contributed by atoms with Gasteiger partial charge in [0, 0.05) is 18.0 Å². The molecule has 0 fully saturated rings. The lowest BCUT2D eigenvalue weighted by molar-refractivity contribution is 0.0697. The number of nitrogens with zero attached hydrogens (tertiary/aromatic N) is 2. The van der Waals surface area contributed by atoms with Gasteiger partial charge >= 0.3 is 5.97 Å². The number of hydrogen-bond acceptors (Lipinski definition) is 5. The highest BCUT2D eigenvalue weighted by Gasteiger charge is 2.15. The van der Waals surface area contributed by atoms with Crippen molar-refractivity contribution in [3.63, 3.8) is 0 Å². The summed E-state index contributed by atoms with van der Waals surface area (Å²) in [6.07, 6.45) is 2.28. The van der Waals surface area contributed by atoms with Gasteiger partial charge in [0.1, 0.15) is 0 Å². The van der Waals surface area contributed by atoms with Crippen molar-refractivity contribution in [2.75, 3.05) is 6.26 Å². The molecule has 6 nitrogen and oxygen atoms in total. The Bertz CT molecular complexity index is 741. The molecule has 2 aromatic rings. The Morgan fingerprint density at radius 3 is 2.53 bits per heavy atom. The molecule has 0 aliphatic rings. The molecule has 0 aliphatic heterocycles. The number of aromatic carboxylic acids is 1. The van der Waals surface area contributed by atoms with Gasteiger partial charge in [0.2, 0.25) is 15.0 Å². The van der Waals surface area contributed by atoms with Crippen molar-refractivity contribution in [3.8, 4) is 11.3 Å². The molecule has 0 spiro atoms. The molecule has 0 saturated carbocycles. The molecule has 0 radical (unpaired) electrons. The normalized spacial score (nSPS) is 11.2. The van der Waals surface area contributed by atoms with Gasteiger partial charge in [0.25, 0.3) is 0 Å². The SMILES string of the molecule is CS(=O)(=O)c1nccc(-c2ccccc2C(=O)O)n1. The van der Waals surface area contributed by atoms with Crippen LogP contribution in [0, 0.1) is 0 Å². The van der Waals surface area contributed by atoms with Crippen LogP contribution in [0.5, 0.6) is 0 Å². The highest BCUT2D eigenvalue weighted by molar-refractivity contribution is 7.90. The number of carboxylic acid groups (broad SMARTS) is 1. The molecular weight excluding hydrogens is 268 g/mol. The summed E-state index contributed by atoms with van der Waals surface area (Å²) in [4.78, 5) is 18.7. The maximum Gasteiger partial charge on any atom is 0.336 e. The zero-order valence-electron chi connectivity index (χ0n) is 9.94. The first-order chi connectivity index (χ1) is 8.89. The van der Waals surface area contributed by atoms with Gasteiger partial charge in [0.15, 0.2) is 0 Å². The molecule has 1 N–H and O–H groups in total. The van der Waals surface area contributed by atoms with E-state index in [2.05, 4.69) is 9.97 Å². The number of aromatic nitrogens is 2. The first-order valence-electron chi connectivity index (χ1n) is 5.25. The van der Waals surface area contributed by atoms with Gasteiger partial charge in [-0.2, -0.15) is 0 Å². The molecule has 19 heavy (non-hydrogen) atoms. The number of sulfone groups is 1. The van der Waals surface area contributed by atoms with E-state index in [1.165, 1.54) is 18.3 Å². The van der Waals surface area contributed by atoms with Crippen molar-refractivity contribution >= 4 is 15.8 Å². The van der Waals surface area contributed by atoms with Gasteiger partial charge in [-0.25, -0.2) is 23.2 Å². The Morgan fingerprint density at radius 1 is 1.21 bits per heavy atom. The molecule has 0 bridgehead atoms. The highest BCUT2D eigenvalue weighted by Crippen LogP contribution is 2.22. The van der Waals surface area contributed by atoms with E-state index < -0.39 is 15.8 Å². The summed E-state index contributed by atoms with van der Waals surface area (Å²) in [6.45, 7) is 0. The maximum atomic E-state index is 11.4. The number of rotatable bonds is 3. The van der Waals surface area contributed by atoms with Crippen molar-refractivity contribution in [2.24, 2.45) is 0 Å². The summed E-state index contributed by atoms with van der Waals surface area (Å²) in [5.41, 5.74) is 0.663.